The molecule has 0 bridgehead atoms. The molecule has 2 aromatic rings. The van der Waals surface area contributed by atoms with Gasteiger partial charge >= 0.3 is 0 Å². The van der Waals surface area contributed by atoms with E-state index in [-0.39, 0.29) is 17.9 Å². The van der Waals surface area contributed by atoms with Gasteiger partial charge in [0.1, 0.15) is 6.04 Å². The summed E-state index contributed by atoms with van der Waals surface area (Å²) < 4.78 is 0. The van der Waals surface area contributed by atoms with E-state index in [1.807, 2.05) is 37.3 Å². The van der Waals surface area contributed by atoms with Crippen LogP contribution in [-0.4, -0.2) is 30.2 Å². The van der Waals surface area contributed by atoms with Crippen LogP contribution in [-0.2, 0) is 10.5 Å². The third kappa shape index (κ3) is 5.17. The van der Waals surface area contributed by atoms with E-state index >= 15 is 0 Å². The minimum Gasteiger partial charge on any atom is -0.371 e. The largest absolute Gasteiger partial charge is 0.371 e. The molecule has 0 radical (unpaired) electrons. The van der Waals surface area contributed by atoms with Crippen LogP contribution < -0.4 is 16.0 Å². The fourth-order valence-corrected chi connectivity index (χ4v) is 3.98. The predicted molar refractivity (Wildman–Crippen MR) is 113 cm³/mol. The molecule has 0 saturated heterocycles. The van der Waals surface area contributed by atoms with Crippen molar-refractivity contribution in [2.24, 2.45) is 0 Å². The maximum Gasteiger partial charge on any atom is 0.251 e. The molecule has 7 heteroatoms. The van der Waals surface area contributed by atoms with E-state index in [1.165, 1.54) is 0 Å². The standard InChI is InChI=1S/C20H22ClN3O2S/c1-2-8-22-19(25)14-6-7-16-17(10-14)24-20(26)18(23-16)12-27-11-13-4-3-5-15(21)9-13/h3-7,9-10,18,23H,2,8,11-12H2,1H3,(H,22,25)(H,24,26). The van der Waals surface area contributed by atoms with Crippen LogP contribution in [0.15, 0.2) is 42.5 Å². The zero-order chi connectivity index (χ0) is 19.2. The zero-order valence-corrected chi connectivity index (χ0v) is 16.6. The molecule has 142 valence electrons. The normalized spacial score (nSPS) is 15.5. The van der Waals surface area contributed by atoms with E-state index in [1.54, 1.807) is 23.9 Å². The highest BCUT2D eigenvalue weighted by molar-refractivity contribution is 7.98. The summed E-state index contributed by atoms with van der Waals surface area (Å²) in [6.45, 7) is 2.63. The highest BCUT2D eigenvalue weighted by Gasteiger charge is 2.26. The molecule has 1 aliphatic heterocycles. The quantitative estimate of drug-likeness (QED) is 0.649. The molecule has 1 heterocycles. The Hall–Kier alpha value is -2.18. The Morgan fingerprint density at radius 3 is 2.85 bits per heavy atom. The summed E-state index contributed by atoms with van der Waals surface area (Å²) in [4.78, 5) is 24.5. The summed E-state index contributed by atoms with van der Waals surface area (Å²) in [7, 11) is 0. The van der Waals surface area contributed by atoms with Gasteiger partial charge in [-0.15, -0.1) is 0 Å². The van der Waals surface area contributed by atoms with Crippen molar-refractivity contribution in [3.05, 3.63) is 58.6 Å². The predicted octanol–water partition coefficient (Wildman–Crippen LogP) is 4.15. The maximum absolute atomic E-state index is 12.4. The molecule has 27 heavy (non-hydrogen) atoms. The Kier molecular flexibility index (Phi) is 6.63. The maximum atomic E-state index is 12.4. The number of anilines is 2. The van der Waals surface area contributed by atoms with Crippen molar-refractivity contribution in [2.45, 2.75) is 25.1 Å². The molecule has 3 rings (SSSR count). The van der Waals surface area contributed by atoms with Gasteiger partial charge in [-0.1, -0.05) is 30.7 Å². The molecule has 1 atom stereocenters. The van der Waals surface area contributed by atoms with Gasteiger partial charge in [-0.25, -0.2) is 0 Å². The summed E-state index contributed by atoms with van der Waals surface area (Å²) in [5.74, 6) is 1.20. The summed E-state index contributed by atoms with van der Waals surface area (Å²) in [5, 5.41) is 9.72. The summed E-state index contributed by atoms with van der Waals surface area (Å²) in [6, 6.07) is 12.7. The molecular weight excluding hydrogens is 382 g/mol. The zero-order valence-electron chi connectivity index (χ0n) is 15.0. The van der Waals surface area contributed by atoms with E-state index < -0.39 is 0 Å². The number of carbonyl (C=O) groups excluding carboxylic acids is 2. The van der Waals surface area contributed by atoms with E-state index in [2.05, 4.69) is 16.0 Å². The molecule has 0 aliphatic carbocycles. The Labute approximate surface area is 168 Å². The van der Waals surface area contributed by atoms with E-state index in [0.29, 0.717) is 28.6 Å². The lowest BCUT2D eigenvalue weighted by Crippen LogP contribution is -2.40. The second-order valence-electron chi connectivity index (χ2n) is 6.35. The van der Waals surface area contributed by atoms with Crippen molar-refractivity contribution in [3.8, 4) is 0 Å². The highest BCUT2D eigenvalue weighted by Crippen LogP contribution is 2.29. The number of hydrogen-bond donors (Lipinski definition) is 3. The molecular formula is C20H22ClN3O2S. The van der Waals surface area contributed by atoms with Crippen molar-refractivity contribution in [1.82, 2.24) is 5.32 Å². The molecule has 2 aromatic carbocycles. The van der Waals surface area contributed by atoms with Gasteiger partial charge in [0.05, 0.1) is 11.4 Å². The van der Waals surface area contributed by atoms with Crippen molar-refractivity contribution in [3.63, 3.8) is 0 Å². The van der Waals surface area contributed by atoms with Crippen molar-refractivity contribution in [2.75, 3.05) is 22.9 Å². The van der Waals surface area contributed by atoms with Crippen molar-refractivity contribution >= 4 is 46.6 Å². The molecule has 1 unspecified atom stereocenters. The van der Waals surface area contributed by atoms with Crippen LogP contribution in [0.25, 0.3) is 0 Å². The Balaban J connectivity index is 1.59. The average molecular weight is 404 g/mol. The molecule has 2 amide bonds. The Bertz CT molecular complexity index is 844. The third-order valence-corrected chi connectivity index (χ3v) is 5.51. The first-order valence-corrected chi connectivity index (χ1v) is 10.4. The fourth-order valence-electron chi connectivity index (χ4n) is 2.77. The van der Waals surface area contributed by atoms with Gasteiger partial charge in [0, 0.05) is 28.6 Å². The lowest BCUT2D eigenvalue weighted by atomic mass is 10.1. The van der Waals surface area contributed by atoms with Crippen LogP contribution in [0.1, 0.15) is 29.3 Å². The first-order chi connectivity index (χ1) is 13.1. The lowest BCUT2D eigenvalue weighted by Gasteiger charge is -2.27. The molecule has 0 aromatic heterocycles. The van der Waals surface area contributed by atoms with Gasteiger partial charge in [-0.2, -0.15) is 11.8 Å². The van der Waals surface area contributed by atoms with Crippen LogP contribution in [0.3, 0.4) is 0 Å². The number of halogens is 1. The Morgan fingerprint density at radius 1 is 1.22 bits per heavy atom. The minimum atomic E-state index is -0.318. The van der Waals surface area contributed by atoms with E-state index in [9.17, 15) is 9.59 Å². The smallest absolute Gasteiger partial charge is 0.251 e. The molecule has 0 saturated carbocycles. The number of rotatable bonds is 7. The third-order valence-electron chi connectivity index (χ3n) is 4.16. The van der Waals surface area contributed by atoms with Gasteiger partial charge in [0.25, 0.3) is 5.91 Å². The van der Waals surface area contributed by atoms with Gasteiger partial charge in [0.15, 0.2) is 0 Å². The summed E-state index contributed by atoms with van der Waals surface area (Å²) in [5.41, 5.74) is 3.14. The van der Waals surface area contributed by atoms with Crippen LogP contribution in [0, 0.1) is 0 Å². The van der Waals surface area contributed by atoms with Crippen LogP contribution in [0.2, 0.25) is 5.02 Å². The first-order valence-electron chi connectivity index (χ1n) is 8.88. The first kappa shape index (κ1) is 19.6. The number of amides is 2. The van der Waals surface area contributed by atoms with Crippen molar-refractivity contribution in [1.29, 1.82) is 0 Å². The highest BCUT2D eigenvalue weighted by atomic mass is 35.5. The topological polar surface area (TPSA) is 70.2 Å². The minimum absolute atomic E-state index is 0.0905. The van der Waals surface area contributed by atoms with Gasteiger partial charge < -0.3 is 16.0 Å². The molecule has 1 aliphatic rings. The molecule has 5 nitrogen and oxygen atoms in total. The van der Waals surface area contributed by atoms with Crippen LogP contribution in [0.5, 0.6) is 0 Å². The number of nitrogens with one attached hydrogen (secondary N) is 3. The number of fused-ring (bicyclic) bond motifs is 1. The molecule has 0 fully saturated rings. The van der Waals surface area contributed by atoms with E-state index in [0.717, 1.165) is 23.4 Å². The monoisotopic (exact) mass is 403 g/mol. The number of carbonyl (C=O) groups is 2. The molecule has 0 spiro atoms. The Morgan fingerprint density at radius 2 is 2.07 bits per heavy atom. The van der Waals surface area contributed by atoms with Gasteiger partial charge in [-0.3, -0.25) is 9.59 Å². The van der Waals surface area contributed by atoms with Crippen LogP contribution in [0.4, 0.5) is 11.4 Å². The second-order valence-corrected chi connectivity index (χ2v) is 7.81. The summed E-state index contributed by atoms with van der Waals surface area (Å²) in [6.07, 6.45) is 0.878. The van der Waals surface area contributed by atoms with Crippen molar-refractivity contribution < 1.29 is 9.59 Å². The number of benzene rings is 2. The SMILES string of the molecule is CCCNC(=O)c1ccc2c(c1)NC(=O)C(CSCc1cccc(Cl)c1)N2. The van der Waals surface area contributed by atoms with Gasteiger partial charge in [-0.05, 0) is 42.3 Å². The number of thioether (sulfide) groups is 1. The van der Waals surface area contributed by atoms with Gasteiger partial charge in [0.2, 0.25) is 5.91 Å². The molecule has 3 N–H and O–H groups in total. The second kappa shape index (κ2) is 9.15. The lowest BCUT2D eigenvalue weighted by molar-refractivity contribution is -0.116. The summed E-state index contributed by atoms with van der Waals surface area (Å²) >= 11 is 7.67. The van der Waals surface area contributed by atoms with Crippen LogP contribution >= 0.6 is 23.4 Å². The number of hydrogen-bond acceptors (Lipinski definition) is 4. The van der Waals surface area contributed by atoms with E-state index in [4.69, 9.17) is 11.6 Å². The fraction of sp³-hybridized carbons (Fsp3) is 0.300. The average Bonchev–Trinajstić information content (AvgIpc) is 2.66.